The summed E-state index contributed by atoms with van der Waals surface area (Å²) in [6.07, 6.45) is 9.13. The molecule has 0 aromatic heterocycles. The van der Waals surface area contributed by atoms with Crippen LogP contribution in [0, 0.1) is 0 Å². The fourth-order valence-corrected chi connectivity index (χ4v) is 4.19. The van der Waals surface area contributed by atoms with Gasteiger partial charge in [0.15, 0.2) is 0 Å². The van der Waals surface area contributed by atoms with E-state index in [0.717, 1.165) is 6.04 Å². The molecule has 0 aliphatic carbocycles. The van der Waals surface area contributed by atoms with E-state index in [1.54, 1.807) is 0 Å². The highest BCUT2D eigenvalue weighted by Gasteiger charge is 2.49. The highest BCUT2D eigenvalue weighted by Crippen LogP contribution is 2.47. The summed E-state index contributed by atoms with van der Waals surface area (Å²) < 4.78 is 0.625. The zero-order valence-corrected chi connectivity index (χ0v) is 10.5. The Morgan fingerprint density at radius 2 is 2.31 bits per heavy atom. The van der Waals surface area contributed by atoms with Crippen LogP contribution in [0.3, 0.4) is 0 Å². The first kappa shape index (κ1) is 9.97. The maximum absolute atomic E-state index is 3.95. The van der Waals surface area contributed by atoms with Crippen molar-refractivity contribution >= 4 is 22.6 Å². The van der Waals surface area contributed by atoms with Crippen LogP contribution in [0.2, 0.25) is 0 Å². The summed E-state index contributed by atoms with van der Waals surface area (Å²) in [7, 11) is 2.31. The lowest BCUT2D eigenvalue weighted by Gasteiger charge is -2.45. The van der Waals surface area contributed by atoms with Gasteiger partial charge in [-0.05, 0) is 32.7 Å². The highest BCUT2D eigenvalue weighted by atomic mass is 127. The summed E-state index contributed by atoms with van der Waals surface area (Å²) in [5.74, 6) is 0. The second kappa shape index (κ2) is 3.54. The zero-order valence-electron chi connectivity index (χ0n) is 8.30. The van der Waals surface area contributed by atoms with Gasteiger partial charge in [0.2, 0.25) is 0 Å². The van der Waals surface area contributed by atoms with Gasteiger partial charge in [-0.3, -0.25) is 4.90 Å². The molecule has 0 amide bonds. The topological polar surface area (TPSA) is 3.24 Å². The molecule has 2 aliphatic heterocycles. The van der Waals surface area contributed by atoms with Crippen LogP contribution in [0.25, 0.3) is 0 Å². The van der Waals surface area contributed by atoms with Gasteiger partial charge < -0.3 is 0 Å². The lowest BCUT2D eigenvalue weighted by molar-refractivity contribution is 0.0921. The van der Waals surface area contributed by atoms with Gasteiger partial charge in [-0.1, -0.05) is 35.1 Å². The average molecular weight is 291 g/mol. The Labute approximate surface area is 94.7 Å². The number of nitrogens with zero attached hydrogens (tertiary/aromatic N) is 1. The molecule has 2 aliphatic rings. The molecular weight excluding hydrogens is 273 g/mol. The Bertz CT molecular complexity index is 212. The first-order valence-corrected chi connectivity index (χ1v) is 6.45. The van der Waals surface area contributed by atoms with Gasteiger partial charge in [0.05, 0.1) is 0 Å². The van der Waals surface area contributed by atoms with Crippen LogP contribution in [0.15, 0.2) is 12.7 Å². The predicted molar refractivity (Wildman–Crippen MR) is 65.4 cm³/mol. The number of piperidine rings is 1. The number of alkyl halides is 1. The quantitative estimate of drug-likeness (QED) is 0.429. The van der Waals surface area contributed by atoms with E-state index in [0.29, 0.717) is 9.46 Å². The Morgan fingerprint density at radius 3 is 3.00 bits per heavy atom. The molecule has 0 radical (unpaired) electrons. The van der Waals surface area contributed by atoms with Crippen molar-refractivity contribution in [3.05, 3.63) is 12.7 Å². The second-order valence-electron chi connectivity index (χ2n) is 4.44. The molecule has 13 heavy (non-hydrogen) atoms. The molecule has 2 saturated heterocycles. The molecule has 2 rings (SSSR count). The van der Waals surface area contributed by atoms with Crippen molar-refractivity contribution in [3.63, 3.8) is 0 Å². The maximum atomic E-state index is 3.95. The van der Waals surface area contributed by atoms with E-state index in [9.17, 15) is 0 Å². The maximum Gasteiger partial charge on any atom is 0.0471 e. The molecule has 2 heterocycles. The third-order valence-corrected chi connectivity index (χ3v) is 5.70. The van der Waals surface area contributed by atoms with Crippen molar-refractivity contribution < 1.29 is 0 Å². The Hall–Kier alpha value is 0.430. The van der Waals surface area contributed by atoms with Crippen molar-refractivity contribution in [2.24, 2.45) is 0 Å². The molecule has 3 atom stereocenters. The fourth-order valence-electron chi connectivity index (χ4n) is 3.12. The lowest BCUT2D eigenvalue weighted by atomic mass is 9.85. The van der Waals surface area contributed by atoms with Crippen molar-refractivity contribution in [2.45, 2.75) is 47.6 Å². The third kappa shape index (κ3) is 1.37. The fraction of sp³-hybridized carbons (Fsp3) is 0.818. The van der Waals surface area contributed by atoms with E-state index in [2.05, 4.69) is 47.2 Å². The van der Waals surface area contributed by atoms with Gasteiger partial charge in [0.1, 0.15) is 0 Å². The molecule has 0 saturated carbocycles. The van der Waals surface area contributed by atoms with Crippen LogP contribution in [-0.2, 0) is 0 Å². The monoisotopic (exact) mass is 291 g/mol. The van der Waals surface area contributed by atoms with Gasteiger partial charge in [0.25, 0.3) is 0 Å². The largest absolute Gasteiger partial charge is 0.296 e. The van der Waals surface area contributed by atoms with E-state index < -0.39 is 0 Å². The van der Waals surface area contributed by atoms with E-state index >= 15 is 0 Å². The van der Waals surface area contributed by atoms with E-state index in [1.165, 1.54) is 32.1 Å². The molecule has 0 aromatic rings. The Morgan fingerprint density at radius 1 is 1.54 bits per heavy atom. The SMILES string of the molecule is C=CC(I)[C@]12CCC[C@H](CC1)N2C. The van der Waals surface area contributed by atoms with Crippen LogP contribution in [0.5, 0.6) is 0 Å². The standard InChI is InChI=1S/C11H18IN/c1-3-10(12)11-7-4-5-9(6-8-11)13(11)2/h3,9-10H,1,4-8H2,2H3/t9-,10?,11+/m1/s1. The minimum absolute atomic E-state index is 0.464. The summed E-state index contributed by atoms with van der Waals surface area (Å²) in [6.45, 7) is 3.95. The molecule has 1 unspecified atom stereocenters. The number of hydrogen-bond donors (Lipinski definition) is 0. The van der Waals surface area contributed by atoms with Crippen LogP contribution < -0.4 is 0 Å². The minimum Gasteiger partial charge on any atom is -0.296 e. The van der Waals surface area contributed by atoms with Crippen LogP contribution in [0.4, 0.5) is 0 Å². The van der Waals surface area contributed by atoms with Crippen molar-refractivity contribution in [1.82, 2.24) is 4.90 Å². The van der Waals surface area contributed by atoms with Crippen molar-refractivity contribution in [1.29, 1.82) is 0 Å². The van der Waals surface area contributed by atoms with Crippen LogP contribution in [0.1, 0.15) is 32.1 Å². The van der Waals surface area contributed by atoms with E-state index in [1.807, 2.05) is 0 Å². The van der Waals surface area contributed by atoms with Crippen molar-refractivity contribution in [2.75, 3.05) is 7.05 Å². The number of hydrogen-bond acceptors (Lipinski definition) is 1. The Kier molecular flexibility index (Phi) is 2.71. The van der Waals surface area contributed by atoms with E-state index in [-0.39, 0.29) is 0 Å². The van der Waals surface area contributed by atoms with Crippen molar-refractivity contribution in [3.8, 4) is 0 Å². The normalized spacial score (nSPS) is 41.8. The Balaban J connectivity index is 2.24. The van der Waals surface area contributed by atoms with Gasteiger partial charge in [-0.15, -0.1) is 6.58 Å². The lowest BCUT2D eigenvalue weighted by Crippen LogP contribution is -2.52. The summed E-state index contributed by atoms with van der Waals surface area (Å²) >= 11 is 2.56. The smallest absolute Gasteiger partial charge is 0.0471 e. The molecule has 0 aromatic carbocycles. The highest BCUT2D eigenvalue weighted by molar-refractivity contribution is 14.1. The zero-order chi connectivity index (χ0) is 9.47. The molecular formula is C11H18IN. The van der Waals surface area contributed by atoms with Crippen LogP contribution >= 0.6 is 22.6 Å². The first-order chi connectivity index (χ1) is 6.20. The summed E-state index contributed by atoms with van der Waals surface area (Å²) in [4.78, 5) is 2.63. The second-order valence-corrected chi connectivity index (χ2v) is 5.78. The molecule has 2 heteroatoms. The average Bonchev–Trinajstić information content (AvgIpc) is 2.40. The molecule has 0 spiro atoms. The first-order valence-electron chi connectivity index (χ1n) is 5.20. The summed E-state index contributed by atoms with van der Waals surface area (Å²) in [5, 5.41) is 0. The summed E-state index contributed by atoms with van der Waals surface area (Å²) in [6, 6.07) is 0.867. The van der Waals surface area contributed by atoms with E-state index in [4.69, 9.17) is 0 Å². The van der Waals surface area contributed by atoms with Gasteiger partial charge in [-0.2, -0.15) is 0 Å². The van der Waals surface area contributed by atoms with Gasteiger partial charge in [0, 0.05) is 15.5 Å². The predicted octanol–water partition coefficient (Wildman–Crippen LogP) is 2.99. The molecule has 2 fully saturated rings. The minimum atomic E-state index is 0.464. The number of halogens is 1. The van der Waals surface area contributed by atoms with Gasteiger partial charge >= 0.3 is 0 Å². The summed E-state index contributed by atoms with van der Waals surface area (Å²) in [5.41, 5.74) is 0.464. The molecule has 1 nitrogen and oxygen atoms in total. The van der Waals surface area contributed by atoms with Gasteiger partial charge in [-0.25, -0.2) is 0 Å². The molecule has 0 N–H and O–H groups in total. The van der Waals surface area contributed by atoms with Crippen LogP contribution in [-0.4, -0.2) is 27.5 Å². The third-order valence-electron chi connectivity index (χ3n) is 4.03. The molecule has 2 bridgehead atoms. The number of rotatable bonds is 2. The number of fused-ring (bicyclic) bond motifs is 2. The molecule has 74 valence electrons.